The topological polar surface area (TPSA) is 59.9 Å². The number of rotatable bonds is 11. The van der Waals surface area contributed by atoms with Gasteiger partial charge < -0.3 is 9.47 Å². The van der Waals surface area contributed by atoms with E-state index in [-0.39, 0.29) is 5.91 Å². The molecule has 0 unspecified atom stereocenters. The fourth-order valence-corrected chi connectivity index (χ4v) is 3.33. The van der Waals surface area contributed by atoms with Gasteiger partial charge in [-0.1, -0.05) is 42.5 Å². The lowest BCUT2D eigenvalue weighted by atomic mass is 10.2. The Bertz CT molecular complexity index is 827. The number of benzene rings is 2. The summed E-state index contributed by atoms with van der Waals surface area (Å²) in [7, 11) is 0. The number of halogens is 1. The van der Waals surface area contributed by atoms with Crippen LogP contribution in [0.4, 0.5) is 0 Å². The van der Waals surface area contributed by atoms with E-state index >= 15 is 0 Å². The SMILES string of the molecule is C=CCOc1ccc(/C=N\NC(=O)CSCc2ccccc2Cl)cc1OCC. The summed E-state index contributed by atoms with van der Waals surface area (Å²) in [6, 6.07) is 13.0. The zero-order valence-electron chi connectivity index (χ0n) is 15.7. The third-order valence-electron chi connectivity index (χ3n) is 3.48. The van der Waals surface area contributed by atoms with Gasteiger partial charge in [-0.15, -0.1) is 11.8 Å². The summed E-state index contributed by atoms with van der Waals surface area (Å²) in [4.78, 5) is 11.9. The Morgan fingerprint density at radius 2 is 2.07 bits per heavy atom. The quantitative estimate of drug-likeness (QED) is 0.327. The summed E-state index contributed by atoms with van der Waals surface area (Å²) in [6.45, 7) is 6.45. The summed E-state index contributed by atoms with van der Waals surface area (Å²) in [6.07, 6.45) is 3.24. The van der Waals surface area contributed by atoms with Gasteiger partial charge in [0.25, 0.3) is 0 Å². The molecule has 0 bridgehead atoms. The van der Waals surface area contributed by atoms with Crippen LogP contribution in [0.1, 0.15) is 18.1 Å². The Kier molecular flexibility index (Phi) is 9.45. The molecule has 2 aromatic carbocycles. The van der Waals surface area contributed by atoms with Crippen molar-refractivity contribution in [2.45, 2.75) is 12.7 Å². The van der Waals surface area contributed by atoms with Crippen LogP contribution in [0, 0.1) is 0 Å². The van der Waals surface area contributed by atoms with Crippen molar-refractivity contribution in [3.05, 3.63) is 71.3 Å². The number of thioether (sulfide) groups is 1. The number of hydrazone groups is 1. The van der Waals surface area contributed by atoms with Gasteiger partial charge in [0.2, 0.25) is 5.91 Å². The van der Waals surface area contributed by atoms with E-state index in [2.05, 4.69) is 17.1 Å². The number of nitrogens with zero attached hydrogens (tertiary/aromatic N) is 1. The van der Waals surface area contributed by atoms with Gasteiger partial charge in [-0.2, -0.15) is 5.10 Å². The first-order valence-electron chi connectivity index (χ1n) is 8.77. The molecule has 1 N–H and O–H groups in total. The highest BCUT2D eigenvalue weighted by Gasteiger charge is 2.06. The molecule has 5 nitrogen and oxygen atoms in total. The van der Waals surface area contributed by atoms with Gasteiger partial charge in [-0.3, -0.25) is 4.79 Å². The number of carbonyl (C=O) groups is 1. The van der Waals surface area contributed by atoms with E-state index in [1.807, 2.05) is 43.3 Å². The van der Waals surface area contributed by atoms with E-state index < -0.39 is 0 Å². The minimum absolute atomic E-state index is 0.177. The van der Waals surface area contributed by atoms with Gasteiger partial charge in [0.1, 0.15) is 6.61 Å². The molecular formula is C21H23ClN2O3S. The van der Waals surface area contributed by atoms with Crippen molar-refractivity contribution in [3.8, 4) is 11.5 Å². The van der Waals surface area contributed by atoms with Crippen LogP contribution in [-0.4, -0.2) is 31.1 Å². The average molecular weight is 419 g/mol. The molecule has 2 rings (SSSR count). The zero-order valence-corrected chi connectivity index (χ0v) is 17.3. The van der Waals surface area contributed by atoms with Crippen molar-refractivity contribution in [3.63, 3.8) is 0 Å². The molecule has 1 amide bonds. The summed E-state index contributed by atoms with van der Waals surface area (Å²) in [5.74, 6) is 2.04. The van der Waals surface area contributed by atoms with Crippen LogP contribution >= 0.6 is 23.4 Å². The monoisotopic (exact) mass is 418 g/mol. The van der Waals surface area contributed by atoms with Crippen molar-refractivity contribution in [2.24, 2.45) is 5.10 Å². The van der Waals surface area contributed by atoms with E-state index in [1.165, 1.54) is 11.8 Å². The highest BCUT2D eigenvalue weighted by molar-refractivity contribution is 7.99. The minimum Gasteiger partial charge on any atom is -0.490 e. The Morgan fingerprint density at radius 1 is 1.25 bits per heavy atom. The molecule has 0 saturated heterocycles. The molecule has 0 aliphatic carbocycles. The van der Waals surface area contributed by atoms with Crippen molar-refractivity contribution in [1.29, 1.82) is 0 Å². The summed E-state index contributed by atoms with van der Waals surface area (Å²) in [5.41, 5.74) is 4.32. The lowest BCUT2D eigenvalue weighted by Crippen LogP contribution is -2.19. The van der Waals surface area contributed by atoms with Gasteiger partial charge in [0.05, 0.1) is 18.6 Å². The maximum atomic E-state index is 11.9. The Morgan fingerprint density at radius 3 is 2.82 bits per heavy atom. The van der Waals surface area contributed by atoms with E-state index in [1.54, 1.807) is 18.4 Å². The highest BCUT2D eigenvalue weighted by atomic mass is 35.5. The molecule has 0 aromatic heterocycles. The van der Waals surface area contributed by atoms with Gasteiger partial charge in [0, 0.05) is 10.8 Å². The molecule has 0 heterocycles. The van der Waals surface area contributed by atoms with Crippen molar-refractivity contribution < 1.29 is 14.3 Å². The Hall–Kier alpha value is -2.44. The predicted octanol–water partition coefficient (Wildman–Crippen LogP) is 4.69. The van der Waals surface area contributed by atoms with E-state index in [0.717, 1.165) is 11.1 Å². The smallest absolute Gasteiger partial charge is 0.250 e. The summed E-state index contributed by atoms with van der Waals surface area (Å²) < 4.78 is 11.1. The van der Waals surface area contributed by atoms with Crippen molar-refractivity contribution in [1.82, 2.24) is 5.43 Å². The van der Waals surface area contributed by atoms with Crippen LogP contribution in [0.3, 0.4) is 0 Å². The summed E-state index contributed by atoms with van der Waals surface area (Å²) >= 11 is 7.58. The predicted molar refractivity (Wildman–Crippen MR) is 117 cm³/mol. The molecule has 0 aliphatic rings. The van der Waals surface area contributed by atoms with Crippen LogP contribution in [0.5, 0.6) is 11.5 Å². The normalized spacial score (nSPS) is 10.6. The second-order valence-corrected chi connectivity index (χ2v) is 7.01. The summed E-state index contributed by atoms with van der Waals surface area (Å²) in [5, 5.41) is 4.71. The molecule has 0 saturated carbocycles. The fraction of sp³-hybridized carbons (Fsp3) is 0.238. The number of nitrogens with one attached hydrogen (secondary N) is 1. The third-order valence-corrected chi connectivity index (χ3v) is 4.83. The fourth-order valence-electron chi connectivity index (χ4n) is 2.22. The second kappa shape index (κ2) is 12.1. The van der Waals surface area contributed by atoms with E-state index in [9.17, 15) is 4.79 Å². The zero-order chi connectivity index (χ0) is 20.2. The third kappa shape index (κ3) is 7.29. The number of hydrogen-bond donors (Lipinski definition) is 1. The first kappa shape index (κ1) is 21.9. The Labute approximate surface area is 174 Å². The molecule has 148 valence electrons. The maximum absolute atomic E-state index is 11.9. The lowest BCUT2D eigenvalue weighted by Gasteiger charge is -2.11. The largest absolute Gasteiger partial charge is 0.490 e. The van der Waals surface area contributed by atoms with Crippen LogP contribution in [0.2, 0.25) is 5.02 Å². The first-order valence-corrected chi connectivity index (χ1v) is 10.3. The minimum atomic E-state index is -0.177. The molecule has 2 aromatic rings. The van der Waals surface area contributed by atoms with Gasteiger partial charge in [-0.25, -0.2) is 5.43 Å². The van der Waals surface area contributed by atoms with Crippen molar-refractivity contribution >= 4 is 35.5 Å². The maximum Gasteiger partial charge on any atom is 0.250 e. The molecular weight excluding hydrogens is 396 g/mol. The highest BCUT2D eigenvalue weighted by Crippen LogP contribution is 2.28. The molecule has 7 heteroatoms. The number of carbonyl (C=O) groups excluding carboxylic acids is 1. The van der Waals surface area contributed by atoms with Gasteiger partial charge in [0.15, 0.2) is 11.5 Å². The first-order chi connectivity index (χ1) is 13.6. The van der Waals surface area contributed by atoms with Crippen LogP contribution < -0.4 is 14.9 Å². The molecule has 28 heavy (non-hydrogen) atoms. The molecule has 0 radical (unpaired) electrons. The van der Waals surface area contributed by atoms with Crippen LogP contribution in [-0.2, 0) is 10.5 Å². The average Bonchev–Trinajstić information content (AvgIpc) is 2.69. The van der Waals surface area contributed by atoms with Crippen LogP contribution in [0.25, 0.3) is 0 Å². The van der Waals surface area contributed by atoms with Crippen molar-refractivity contribution in [2.75, 3.05) is 19.0 Å². The number of amides is 1. The molecule has 0 spiro atoms. The van der Waals surface area contributed by atoms with E-state index in [4.69, 9.17) is 21.1 Å². The standard InChI is InChI=1S/C21H23ClN2O3S/c1-3-11-27-19-10-9-16(12-20(19)26-4-2)13-23-24-21(25)15-28-14-17-7-5-6-8-18(17)22/h3,5-10,12-13H,1,4,11,14-15H2,2H3,(H,24,25)/b23-13-. The number of hydrogen-bond acceptors (Lipinski definition) is 5. The van der Waals surface area contributed by atoms with E-state index in [0.29, 0.717) is 41.2 Å². The second-order valence-electron chi connectivity index (χ2n) is 5.62. The number of ether oxygens (including phenoxy) is 2. The lowest BCUT2D eigenvalue weighted by molar-refractivity contribution is -0.118. The molecule has 0 fully saturated rings. The molecule has 0 atom stereocenters. The van der Waals surface area contributed by atoms with Gasteiger partial charge >= 0.3 is 0 Å². The van der Waals surface area contributed by atoms with Gasteiger partial charge in [-0.05, 0) is 42.3 Å². The van der Waals surface area contributed by atoms with Crippen LogP contribution in [0.15, 0.2) is 60.2 Å². The molecule has 0 aliphatic heterocycles. The Balaban J connectivity index is 1.84.